The van der Waals surface area contributed by atoms with Gasteiger partial charge in [0.2, 0.25) is 5.91 Å². The average Bonchev–Trinajstić information content (AvgIpc) is 2.34. The lowest BCUT2D eigenvalue weighted by molar-refractivity contribution is -0.117. The Kier molecular flexibility index (Phi) is 5.89. The molecule has 0 saturated carbocycles. The van der Waals surface area contributed by atoms with Crippen molar-refractivity contribution in [3.05, 3.63) is 29.8 Å². The van der Waals surface area contributed by atoms with Crippen molar-refractivity contribution < 1.29 is 9.53 Å². The fourth-order valence-corrected chi connectivity index (χ4v) is 1.37. The van der Waals surface area contributed by atoms with Crippen molar-refractivity contribution in [1.29, 1.82) is 5.26 Å². The lowest BCUT2D eigenvalue weighted by atomic mass is 10.2. The molecule has 0 aliphatic rings. The Morgan fingerprint density at radius 2 is 2.28 bits per heavy atom. The number of benzene rings is 1. The SMILES string of the molecule is CC(C)COCCC(=O)Nc1cccc(C#N)c1. The first-order valence-electron chi connectivity index (χ1n) is 5.99. The lowest BCUT2D eigenvalue weighted by Crippen LogP contribution is -2.15. The van der Waals surface area contributed by atoms with E-state index < -0.39 is 0 Å². The van der Waals surface area contributed by atoms with Gasteiger partial charge in [0.25, 0.3) is 0 Å². The standard InChI is InChI=1S/C14H18N2O2/c1-11(2)10-18-7-6-14(17)16-13-5-3-4-12(8-13)9-15/h3-5,8,11H,6-7,10H2,1-2H3,(H,16,17). The highest BCUT2D eigenvalue weighted by Gasteiger charge is 2.03. The molecule has 0 unspecified atom stereocenters. The summed E-state index contributed by atoms with van der Waals surface area (Å²) in [7, 11) is 0. The Morgan fingerprint density at radius 3 is 2.94 bits per heavy atom. The number of carbonyl (C=O) groups is 1. The van der Waals surface area contributed by atoms with Crippen molar-refractivity contribution in [3.63, 3.8) is 0 Å². The smallest absolute Gasteiger partial charge is 0.226 e. The third-order valence-corrected chi connectivity index (χ3v) is 2.20. The van der Waals surface area contributed by atoms with E-state index in [0.717, 1.165) is 0 Å². The Balaban J connectivity index is 2.33. The van der Waals surface area contributed by atoms with Crippen LogP contribution in [-0.4, -0.2) is 19.1 Å². The molecule has 96 valence electrons. The molecule has 0 heterocycles. The molecule has 0 bridgehead atoms. The van der Waals surface area contributed by atoms with E-state index >= 15 is 0 Å². The maximum Gasteiger partial charge on any atom is 0.226 e. The van der Waals surface area contributed by atoms with Crippen LogP contribution in [0.3, 0.4) is 0 Å². The molecule has 0 aliphatic carbocycles. The van der Waals surface area contributed by atoms with Crippen molar-refractivity contribution in [3.8, 4) is 6.07 Å². The van der Waals surface area contributed by atoms with Crippen LogP contribution in [0.1, 0.15) is 25.8 Å². The van der Waals surface area contributed by atoms with Crippen LogP contribution in [0.5, 0.6) is 0 Å². The summed E-state index contributed by atoms with van der Waals surface area (Å²) < 4.78 is 5.34. The number of nitrogens with zero attached hydrogens (tertiary/aromatic N) is 1. The van der Waals surface area contributed by atoms with E-state index in [1.807, 2.05) is 6.07 Å². The molecule has 1 aromatic carbocycles. The molecular weight excluding hydrogens is 228 g/mol. The van der Waals surface area contributed by atoms with Crippen molar-refractivity contribution in [1.82, 2.24) is 0 Å². The van der Waals surface area contributed by atoms with Crippen LogP contribution in [0.15, 0.2) is 24.3 Å². The number of carbonyl (C=O) groups excluding carboxylic acids is 1. The average molecular weight is 246 g/mol. The number of ether oxygens (including phenoxy) is 1. The molecule has 1 amide bonds. The quantitative estimate of drug-likeness (QED) is 0.785. The minimum absolute atomic E-state index is 0.103. The van der Waals surface area contributed by atoms with Crippen LogP contribution in [-0.2, 0) is 9.53 Å². The monoisotopic (exact) mass is 246 g/mol. The van der Waals surface area contributed by atoms with Gasteiger partial charge >= 0.3 is 0 Å². The Bertz CT molecular complexity index is 436. The first-order chi connectivity index (χ1) is 8.61. The molecular formula is C14H18N2O2. The summed E-state index contributed by atoms with van der Waals surface area (Å²) in [6.07, 6.45) is 0.323. The fraction of sp³-hybridized carbons (Fsp3) is 0.429. The van der Waals surface area contributed by atoms with Gasteiger partial charge in [-0.05, 0) is 24.1 Å². The molecule has 0 radical (unpaired) electrons. The molecule has 1 aromatic rings. The van der Waals surface area contributed by atoms with Gasteiger partial charge in [0.1, 0.15) is 0 Å². The van der Waals surface area contributed by atoms with Gasteiger partial charge in [0.05, 0.1) is 24.7 Å². The molecule has 4 heteroatoms. The molecule has 4 nitrogen and oxygen atoms in total. The van der Waals surface area contributed by atoms with Gasteiger partial charge < -0.3 is 10.1 Å². The van der Waals surface area contributed by atoms with Gasteiger partial charge in [-0.1, -0.05) is 19.9 Å². The van der Waals surface area contributed by atoms with E-state index in [9.17, 15) is 4.79 Å². The van der Waals surface area contributed by atoms with Crippen molar-refractivity contribution in [2.45, 2.75) is 20.3 Å². The molecule has 18 heavy (non-hydrogen) atoms. The zero-order valence-corrected chi connectivity index (χ0v) is 10.8. The number of amides is 1. The van der Waals surface area contributed by atoms with Crippen LogP contribution in [0.4, 0.5) is 5.69 Å². The second-order valence-electron chi connectivity index (χ2n) is 4.46. The Morgan fingerprint density at radius 1 is 1.50 bits per heavy atom. The van der Waals surface area contributed by atoms with Gasteiger partial charge in [-0.2, -0.15) is 5.26 Å². The first kappa shape index (κ1) is 14.2. The molecule has 0 aromatic heterocycles. The van der Waals surface area contributed by atoms with Crippen molar-refractivity contribution in [2.24, 2.45) is 5.92 Å². The van der Waals surface area contributed by atoms with Crippen LogP contribution >= 0.6 is 0 Å². The minimum atomic E-state index is -0.103. The third kappa shape index (κ3) is 5.46. The van der Waals surface area contributed by atoms with Crippen LogP contribution < -0.4 is 5.32 Å². The van der Waals surface area contributed by atoms with E-state index in [1.165, 1.54) is 0 Å². The zero-order chi connectivity index (χ0) is 13.4. The molecule has 0 aliphatic heterocycles. The first-order valence-corrected chi connectivity index (χ1v) is 5.99. The summed E-state index contributed by atoms with van der Waals surface area (Å²) >= 11 is 0. The number of hydrogen-bond donors (Lipinski definition) is 1. The van der Waals surface area contributed by atoms with Crippen LogP contribution in [0.25, 0.3) is 0 Å². The maximum absolute atomic E-state index is 11.6. The summed E-state index contributed by atoms with van der Waals surface area (Å²) in [4.78, 5) is 11.6. The molecule has 0 atom stereocenters. The van der Waals surface area contributed by atoms with E-state index in [2.05, 4.69) is 19.2 Å². The molecule has 0 spiro atoms. The maximum atomic E-state index is 11.6. The highest BCUT2D eigenvalue weighted by atomic mass is 16.5. The van der Waals surface area contributed by atoms with Gasteiger partial charge in [-0.3, -0.25) is 4.79 Å². The Hall–Kier alpha value is -1.86. The molecule has 1 rings (SSSR count). The summed E-state index contributed by atoms with van der Waals surface area (Å²) in [6, 6.07) is 8.87. The summed E-state index contributed by atoms with van der Waals surface area (Å²) in [6.45, 7) is 5.21. The zero-order valence-electron chi connectivity index (χ0n) is 10.8. The van der Waals surface area contributed by atoms with E-state index in [4.69, 9.17) is 10.00 Å². The van der Waals surface area contributed by atoms with Gasteiger partial charge in [-0.25, -0.2) is 0 Å². The topological polar surface area (TPSA) is 62.1 Å². The van der Waals surface area contributed by atoms with E-state index in [-0.39, 0.29) is 5.91 Å². The third-order valence-electron chi connectivity index (χ3n) is 2.20. The normalized spacial score (nSPS) is 10.1. The molecule has 0 saturated heterocycles. The van der Waals surface area contributed by atoms with E-state index in [0.29, 0.717) is 36.8 Å². The summed E-state index contributed by atoms with van der Waals surface area (Å²) in [5, 5.41) is 11.5. The highest BCUT2D eigenvalue weighted by molar-refractivity contribution is 5.90. The fourth-order valence-electron chi connectivity index (χ4n) is 1.37. The number of anilines is 1. The largest absolute Gasteiger partial charge is 0.381 e. The van der Waals surface area contributed by atoms with Crippen LogP contribution in [0, 0.1) is 17.2 Å². The number of nitrogens with one attached hydrogen (secondary N) is 1. The highest BCUT2D eigenvalue weighted by Crippen LogP contribution is 2.09. The van der Waals surface area contributed by atoms with Crippen molar-refractivity contribution >= 4 is 11.6 Å². The summed E-state index contributed by atoms with van der Waals surface area (Å²) in [5.74, 6) is 0.370. The lowest BCUT2D eigenvalue weighted by Gasteiger charge is -2.07. The predicted molar refractivity (Wildman–Crippen MR) is 70.1 cm³/mol. The van der Waals surface area contributed by atoms with E-state index in [1.54, 1.807) is 24.3 Å². The Labute approximate surface area is 108 Å². The van der Waals surface area contributed by atoms with Gasteiger partial charge in [0.15, 0.2) is 0 Å². The molecule has 1 N–H and O–H groups in total. The number of rotatable bonds is 6. The van der Waals surface area contributed by atoms with Gasteiger partial charge in [-0.15, -0.1) is 0 Å². The number of nitriles is 1. The minimum Gasteiger partial charge on any atom is -0.381 e. The van der Waals surface area contributed by atoms with Crippen molar-refractivity contribution in [2.75, 3.05) is 18.5 Å². The van der Waals surface area contributed by atoms with Crippen LogP contribution in [0.2, 0.25) is 0 Å². The van der Waals surface area contributed by atoms with Gasteiger partial charge in [0, 0.05) is 12.3 Å². The number of hydrogen-bond acceptors (Lipinski definition) is 3. The second kappa shape index (κ2) is 7.46. The molecule has 0 fully saturated rings. The predicted octanol–water partition coefficient (Wildman–Crippen LogP) is 2.56. The summed E-state index contributed by atoms with van der Waals surface area (Å²) in [5.41, 5.74) is 1.17. The second-order valence-corrected chi connectivity index (χ2v) is 4.46.